The quantitative estimate of drug-likeness (QED) is 0.799. The van der Waals surface area contributed by atoms with Gasteiger partial charge in [0.1, 0.15) is 11.6 Å². The molecule has 16 heavy (non-hydrogen) atoms. The Kier molecular flexibility index (Phi) is 3.41. The predicted molar refractivity (Wildman–Crippen MR) is 60.6 cm³/mol. The Hall–Kier alpha value is -1.13. The SMILES string of the molecule is NC1CCN(Cc2cc(F)ccc2O)CC1. The van der Waals surface area contributed by atoms with Crippen molar-refractivity contribution in [1.82, 2.24) is 4.90 Å². The number of hydrogen-bond acceptors (Lipinski definition) is 3. The standard InChI is InChI=1S/C12H17FN2O/c13-10-1-2-12(16)9(7-10)8-15-5-3-11(14)4-6-15/h1-2,7,11,16H,3-6,8,14H2. The summed E-state index contributed by atoms with van der Waals surface area (Å²) in [5.74, 6) is -0.141. The van der Waals surface area contributed by atoms with Gasteiger partial charge in [-0.3, -0.25) is 4.90 Å². The molecule has 1 aliphatic heterocycles. The van der Waals surface area contributed by atoms with E-state index in [0.29, 0.717) is 12.1 Å². The molecule has 2 rings (SSSR count). The third-order valence-electron chi connectivity index (χ3n) is 3.07. The summed E-state index contributed by atoms with van der Waals surface area (Å²) in [6.07, 6.45) is 1.94. The molecule has 1 aromatic rings. The van der Waals surface area contributed by atoms with Gasteiger partial charge in [0.15, 0.2) is 0 Å². The van der Waals surface area contributed by atoms with Crippen molar-refractivity contribution in [3.8, 4) is 5.75 Å². The van der Waals surface area contributed by atoms with Crippen LogP contribution in [0.25, 0.3) is 0 Å². The predicted octanol–water partition coefficient (Wildman–Crippen LogP) is 1.45. The van der Waals surface area contributed by atoms with Crippen molar-refractivity contribution in [3.05, 3.63) is 29.6 Å². The van der Waals surface area contributed by atoms with Gasteiger partial charge in [-0.05, 0) is 44.1 Å². The van der Waals surface area contributed by atoms with Gasteiger partial charge in [-0.1, -0.05) is 0 Å². The van der Waals surface area contributed by atoms with Crippen molar-refractivity contribution in [2.75, 3.05) is 13.1 Å². The van der Waals surface area contributed by atoms with E-state index < -0.39 is 0 Å². The first-order valence-electron chi connectivity index (χ1n) is 5.60. The van der Waals surface area contributed by atoms with Crippen LogP contribution in [0.4, 0.5) is 4.39 Å². The van der Waals surface area contributed by atoms with Crippen LogP contribution in [-0.2, 0) is 6.54 Å². The lowest BCUT2D eigenvalue weighted by molar-refractivity contribution is 0.203. The van der Waals surface area contributed by atoms with Crippen molar-refractivity contribution in [1.29, 1.82) is 0 Å². The Morgan fingerprint density at radius 3 is 2.75 bits per heavy atom. The van der Waals surface area contributed by atoms with Gasteiger partial charge in [0, 0.05) is 18.2 Å². The van der Waals surface area contributed by atoms with Crippen LogP contribution in [-0.4, -0.2) is 29.1 Å². The van der Waals surface area contributed by atoms with Gasteiger partial charge >= 0.3 is 0 Å². The largest absolute Gasteiger partial charge is 0.508 e. The van der Waals surface area contributed by atoms with Crippen LogP contribution in [0.2, 0.25) is 0 Å². The highest BCUT2D eigenvalue weighted by Gasteiger charge is 2.17. The lowest BCUT2D eigenvalue weighted by Gasteiger charge is -2.30. The number of phenols is 1. The van der Waals surface area contributed by atoms with E-state index >= 15 is 0 Å². The molecule has 0 unspecified atom stereocenters. The molecule has 0 aliphatic carbocycles. The molecule has 1 fully saturated rings. The molecule has 3 nitrogen and oxygen atoms in total. The molecule has 3 N–H and O–H groups in total. The van der Waals surface area contributed by atoms with Crippen LogP contribution in [0.3, 0.4) is 0 Å². The van der Waals surface area contributed by atoms with Gasteiger partial charge in [-0.2, -0.15) is 0 Å². The molecular weight excluding hydrogens is 207 g/mol. The zero-order chi connectivity index (χ0) is 11.5. The second-order valence-corrected chi connectivity index (χ2v) is 4.39. The summed E-state index contributed by atoms with van der Waals surface area (Å²) < 4.78 is 13.0. The Balaban J connectivity index is 2.00. The Bertz CT molecular complexity index is 362. The smallest absolute Gasteiger partial charge is 0.123 e. The minimum absolute atomic E-state index is 0.163. The number of benzene rings is 1. The van der Waals surface area contributed by atoms with Gasteiger partial charge in [-0.25, -0.2) is 4.39 Å². The fourth-order valence-corrected chi connectivity index (χ4v) is 2.03. The minimum atomic E-state index is -0.304. The van der Waals surface area contributed by atoms with Crippen LogP contribution < -0.4 is 5.73 Å². The topological polar surface area (TPSA) is 49.5 Å². The molecule has 1 heterocycles. The zero-order valence-electron chi connectivity index (χ0n) is 9.19. The van der Waals surface area contributed by atoms with E-state index in [2.05, 4.69) is 4.90 Å². The van der Waals surface area contributed by atoms with E-state index in [1.165, 1.54) is 18.2 Å². The Labute approximate surface area is 94.7 Å². The summed E-state index contributed by atoms with van der Waals surface area (Å²) >= 11 is 0. The highest BCUT2D eigenvalue weighted by molar-refractivity contribution is 5.32. The third-order valence-corrected chi connectivity index (χ3v) is 3.07. The summed E-state index contributed by atoms with van der Waals surface area (Å²) in [7, 11) is 0. The average molecular weight is 224 g/mol. The second kappa shape index (κ2) is 4.80. The Morgan fingerprint density at radius 2 is 2.06 bits per heavy atom. The van der Waals surface area contributed by atoms with E-state index in [4.69, 9.17) is 5.73 Å². The maximum Gasteiger partial charge on any atom is 0.123 e. The van der Waals surface area contributed by atoms with Gasteiger partial charge in [-0.15, -0.1) is 0 Å². The van der Waals surface area contributed by atoms with Crippen molar-refractivity contribution < 1.29 is 9.50 Å². The lowest BCUT2D eigenvalue weighted by Crippen LogP contribution is -2.39. The number of nitrogens with two attached hydrogens (primary N) is 1. The molecule has 0 saturated carbocycles. The molecule has 88 valence electrons. The first-order valence-corrected chi connectivity index (χ1v) is 5.60. The molecule has 1 saturated heterocycles. The summed E-state index contributed by atoms with van der Waals surface area (Å²) in [6, 6.07) is 4.35. The van der Waals surface area contributed by atoms with Crippen molar-refractivity contribution in [2.24, 2.45) is 5.73 Å². The summed E-state index contributed by atoms with van der Waals surface area (Å²) in [4.78, 5) is 2.19. The number of phenolic OH excluding ortho intramolecular Hbond substituents is 1. The van der Waals surface area contributed by atoms with Crippen LogP contribution in [0.1, 0.15) is 18.4 Å². The molecule has 1 aliphatic rings. The molecule has 0 aromatic heterocycles. The first-order chi connectivity index (χ1) is 7.65. The minimum Gasteiger partial charge on any atom is -0.508 e. The number of rotatable bonds is 2. The fraction of sp³-hybridized carbons (Fsp3) is 0.500. The van der Waals surface area contributed by atoms with Gasteiger partial charge in [0.05, 0.1) is 0 Å². The fourth-order valence-electron chi connectivity index (χ4n) is 2.03. The molecule has 0 spiro atoms. The summed E-state index contributed by atoms with van der Waals surface area (Å²) in [5.41, 5.74) is 6.46. The van der Waals surface area contributed by atoms with Crippen molar-refractivity contribution in [2.45, 2.75) is 25.4 Å². The number of likely N-dealkylation sites (tertiary alicyclic amines) is 1. The summed E-state index contributed by atoms with van der Waals surface area (Å²) in [6.45, 7) is 2.42. The van der Waals surface area contributed by atoms with Crippen LogP contribution in [0.15, 0.2) is 18.2 Å². The highest BCUT2D eigenvalue weighted by atomic mass is 19.1. The summed E-state index contributed by atoms with van der Waals surface area (Å²) in [5, 5.41) is 9.60. The van der Waals surface area contributed by atoms with Gasteiger partial charge in [0.2, 0.25) is 0 Å². The van der Waals surface area contributed by atoms with Crippen LogP contribution in [0.5, 0.6) is 5.75 Å². The highest BCUT2D eigenvalue weighted by Crippen LogP contribution is 2.21. The number of halogens is 1. The molecule has 0 atom stereocenters. The molecule has 4 heteroatoms. The maximum absolute atomic E-state index is 13.0. The molecule has 0 bridgehead atoms. The number of aromatic hydroxyl groups is 1. The van der Waals surface area contributed by atoms with E-state index in [1.807, 2.05) is 0 Å². The molecule has 0 radical (unpaired) electrons. The third kappa shape index (κ3) is 2.71. The van der Waals surface area contributed by atoms with Crippen molar-refractivity contribution >= 4 is 0 Å². The van der Waals surface area contributed by atoms with E-state index in [0.717, 1.165) is 25.9 Å². The van der Waals surface area contributed by atoms with Crippen LogP contribution in [0, 0.1) is 5.82 Å². The number of piperidine rings is 1. The average Bonchev–Trinajstić information content (AvgIpc) is 2.27. The zero-order valence-corrected chi connectivity index (χ0v) is 9.19. The van der Waals surface area contributed by atoms with E-state index in [-0.39, 0.29) is 17.6 Å². The maximum atomic E-state index is 13.0. The Morgan fingerprint density at radius 1 is 1.38 bits per heavy atom. The van der Waals surface area contributed by atoms with Crippen LogP contribution >= 0.6 is 0 Å². The van der Waals surface area contributed by atoms with E-state index in [1.54, 1.807) is 0 Å². The first kappa shape index (κ1) is 11.4. The molecule has 0 amide bonds. The number of nitrogens with zero attached hydrogens (tertiary/aromatic N) is 1. The van der Waals surface area contributed by atoms with Gasteiger partial charge in [0.25, 0.3) is 0 Å². The van der Waals surface area contributed by atoms with Gasteiger partial charge < -0.3 is 10.8 Å². The van der Waals surface area contributed by atoms with E-state index in [9.17, 15) is 9.50 Å². The lowest BCUT2D eigenvalue weighted by atomic mass is 10.1. The second-order valence-electron chi connectivity index (χ2n) is 4.39. The van der Waals surface area contributed by atoms with Crippen molar-refractivity contribution in [3.63, 3.8) is 0 Å². The molecule has 1 aromatic carbocycles. The number of hydrogen-bond donors (Lipinski definition) is 2. The normalized spacial score (nSPS) is 18.9. The monoisotopic (exact) mass is 224 g/mol. The molecular formula is C12H17FN2O.